The van der Waals surface area contributed by atoms with E-state index >= 15 is 0 Å². The second-order valence-corrected chi connectivity index (χ2v) is 41.1. The lowest BCUT2D eigenvalue weighted by atomic mass is 9.84. The van der Waals surface area contributed by atoms with E-state index in [-0.39, 0.29) is 11.8 Å². The molecule has 2 aromatic heterocycles. The summed E-state index contributed by atoms with van der Waals surface area (Å²) in [6, 6.07) is 139. The first-order chi connectivity index (χ1) is 57.6. The van der Waals surface area contributed by atoms with E-state index < -0.39 is 16.1 Å². The van der Waals surface area contributed by atoms with Gasteiger partial charge in [0, 0.05) is 43.7 Å². The smallest absolute Gasteiger partial charge is 0.179 e. The Kier molecular flexibility index (Phi) is 18.3. The molecule has 6 heteroatoms. The lowest BCUT2D eigenvalue weighted by molar-refractivity contribution is 0.668. The standard InChI is InChI=1S/C112H92N2O2Si2/c1-71(2)101-69-105(113(103-33-19-31-97-93-29-11-13-35-107(93)115-111(97)103)83-25-15-21-79(65-83)81-23-17-27-91(67-81)117(85-49-37-73(5)38-50-85,86-51-39-74(6)40-52-86)87-53-41-75(7)42-54-87)99-64-62-96-102(72(3)4)70-106(100-63-61-95(101)109(99)110(96)100)114(104-34-20-32-98-94-30-12-14-36-108(94)116-112(98)104)84-26-16-22-80(66-84)82-24-18-28-92(68-82)118(88-55-43-76(8)44-56-88,89-57-45-77(9)46-58-89)90-59-47-78(10)48-60-90/h11-72H,1-10H3. The minimum atomic E-state index is -2.97. The first kappa shape index (κ1) is 73.5. The van der Waals surface area contributed by atoms with Crippen molar-refractivity contribution in [3.05, 3.63) is 408 Å². The van der Waals surface area contributed by atoms with E-state index in [0.717, 1.165) is 111 Å². The number of furan rings is 2. The Morgan fingerprint density at radius 2 is 0.500 bits per heavy atom. The molecule has 0 N–H and O–H groups in total. The van der Waals surface area contributed by atoms with Gasteiger partial charge in [0.25, 0.3) is 0 Å². The van der Waals surface area contributed by atoms with Crippen LogP contribution in [0.1, 0.15) is 84.0 Å². The molecule has 570 valence electrons. The fraction of sp³-hybridized carbons (Fsp3) is 0.107. The topological polar surface area (TPSA) is 32.8 Å². The van der Waals surface area contributed by atoms with Gasteiger partial charge in [0.1, 0.15) is 11.2 Å². The SMILES string of the molecule is Cc1ccc([Si](c2ccc(C)cc2)(c2ccc(C)cc2)c2cccc(-c3cccc(N(c4cc(C(C)C)c5ccc6c(N(c7cccc(-c8cccc([Si](c9ccc(C)cc9)(c9ccc(C)cc9)c9ccc(C)cc9)c8)c7)c7cccc8c7oc7ccccc78)cc(C(C)C)c7ccc4c5c76)c4cccc5c4oc4ccccc45)c3)c2)cc1. The summed E-state index contributed by atoms with van der Waals surface area (Å²) in [4.78, 5) is 5.04. The number of anilines is 6. The molecule has 0 saturated heterocycles. The molecule has 20 aromatic rings. The highest BCUT2D eigenvalue weighted by Gasteiger charge is 2.44. The van der Waals surface area contributed by atoms with Gasteiger partial charge in [-0.3, -0.25) is 0 Å². The Morgan fingerprint density at radius 1 is 0.220 bits per heavy atom. The van der Waals surface area contributed by atoms with Crippen LogP contribution in [0, 0.1) is 41.5 Å². The number of benzene rings is 18. The largest absolute Gasteiger partial charge is 0.454 e. The number of hydrogen-bond acceptors (Lipinski definition) is 4. The molecule has 0 saturated carbocycles. The first-order valence-corrected chi connectivity index (χ1v) is 45.6. The van der Waals surface area contributed by atoms with Crippen LogP contribution in [0.15, 0.2) is 373 Å². The molecule has 118 heavy (non-hydrogen) atoms. The summed E-state index contributed by atoms with van der Waals surface area (Å²) < 4.78 is 14.4. The van der Waals surface area contributed by atoms with Crippen molar-refractivity contribution in [3.63, 3.8) is 0 Å². The fourth-order valence-corrected chi connectivity index (χ4v) is 28.7. The molecule has 0 spiro atoms. The van der Waals surface area contributed by atoms with E-state index in [4.69, 9.17) is 8.83 Å². The normalized spacial score (nSPS) is 12.1. The van der Waals surface area contributed by atoms with Crippen LogP contribution < -0.4 is 51.3 Å². The molecule has 18 aromatic carbocycles. The number of fused-ring (bicyclic) bond motifs is 6. The van der Waals surface area contributed by atoms with Crippen LogP contribution in [0.5, 0.6) is 0 Å². The molecule has 0 aliphatic heterocycles. The zero-order chi connectivity index (χ0) is 80.2. The maximum absolute atomic E-state index is 7.22. The molecule has 0 radical (unpaired) electrons. The molecule has 4 nitrogen and oxygen atoms in total. The highest BCUT2D eigenvalue weighted by molar-refractivity contribution is 7.20. The molecule has 20 rings (SSSR count). The molecule has 0 aliphatic rings. The fourth-order valence-electron chi connectivity index (χ4n) is 19.3. The van der Waals surface area contributed by atoms with Crippen molar-refractivity contribution in [3.8, 4) is 22.3 Å². The van der Waals surface area contributed by atoms with E-state index in [2.05, 4.69) is 443 Å². The molecule has 0 unspecified atom stereocenters. The van der Waals surface area contributed by atoms with Crippen molar-refractivity contribution >= 4 is 168 Å². The van der Waals surface area contributed by atoms with Crippen LogP contribution in [0.2, 0.25) is 0 Å². The molecular weight excluding hydrogens is 1460 g/mol. The number of rotatable bonds is 18. The minimum Gasteiger partial charge on any atom is -0.454 e. The molecule has 2 heterocycles. The Hall–Kier alpha value is -13.4. The third kappa shape index (κ3) is 12.2. The molecule has 0 bridgehead atoms. The Morgan fingerprint density at radius 3 is 0.822 bits per heavy atom. The average molecular weight is 1550 g/mol. The van der Waals surface area contributed by atoms with E-state index in [1.54, 1.807) is 0 Å². The van der Waals surface area contributed by atoms with Crippen LogP contribution in [-0.2, 0) is 0 Å². The van der Waals surface area contributed by atoms with Gasteiger partial charge in [0.2, 0.25) is 0 Å². The summed E-state index contributed by atoms with van der Waals surface area (Å²) in [5.74, 6) is 0.263. The highest BCUT2D eigenvalue weighted by atomic mass is 28.3. The van der Waals surface area contributed by atoms with Gasteiger partial charge in [0.15, 0.2) is 27.3 Å². The highest BCUT2D eigenvalue weighted by Crippen LogP contribution is 2.54. The van der Waals surface area contributed by atoms with Gasteiger partial charge in [-0.15, -0.1) is 0 Å². The summed E-state index contributed by atoms with van der Waals surface area (Å²) in [6.07, 6.45) is 0. The van der Waals surface area contributed by atoms with E-state index in [1.807, 2.05) is 0 Å². The van der Waals surface area contributed by atoms with Gasteiger partial charge >= 0.3 is 0 Å². The van der Waals surface area contributed by atoms with Crippen LogP contribution in [0.25, 0.3) is 98.4 Å². The van der Waals surface area contributed by atoms with Gasteiger partial charge in [-0.2, -0.15) is 0 Å². The van der Waals surface area contributed by atoms with E-state index in [9.17, 15) is 0 Å². The van der Waals surface area contributed by atoms with Crippen molar-refractivity contribution < 1.29 is 8.83 Å². The number of aryl methyl sites for hydroxylation is 6. The molecule has 0 fully saturated rings. The second-order valence-electron chi connectivity index (χ2n) is 33.5. The van der Waals surface area contributed by atoms with Crippen LogP contribution in [0.3, 0.4) is 0 Å². The average Bonchev–Trinajstić information content (AvgIpc) is 0.872. The second kappa shape index (κ2) is 29.4. The van der Waals surface area contributed by atoms with Crippen LogP contribution >= 0.6 is 0 Å². The number of hydrogen-bond donors (Lipinski definition) is 0. The Labute approximate surface area is 693 Å². The zero-order valence-electron chi connectivity index (χ0n) is 68.5. The maximum Gasteiger partial charge on any atom is 0.179 e. The van der Waals surface area contributed by atoms with Gasteiger partial charge < -0.3 is 18.6 Å². The molecule has 0 amide bonds. The third-order valence-corrected chi connectivity index (χ3v) is 34.8. The monoisotopic (exact) mass is 1550 g/mol. The van der Waals surface area contributed by atoms with Crippen LogP contribution in [0.4, 0.5) is 34.1 Å². The lowest BCUT2D eigenvalue weighted by Gasteiger charge is -2.35. The lowest BCUT2D eigenvalue weighted by Crippen LogP contribution is -2.74. The predicted octanol–water partition coefficient (Wildman–Crippen LogP) is 25.5. The van der Waals surface area contributed by atoms with Gasteiger partial charge in [-0.1, -0.05) is 364 Å². The Balaban J connectivity index is 0.816. The van der Waals surface area contributed by atoms with Crippen molar-refractivity contribution in [2.75, 3.05) is 9.80 Å². The molecular formula is C112H92N2O2Si2. The first-order valence-electron chi connectivity index (χ1n) is 41.6. The Bertz CT molecular complexity index is 6580. The zero-order valence-corrected chi connectivity index (χ0v) is 70.5. The van der Waals surface area contributed by atoms with E-state index in [0.29, 0.717) is 0 Å². The third-order valence-electron chi connectivity index (χ3n) is 25.3. The van der Waals surface area contributed by atoms with Crippen molar-refractivity contribution in [1.82, 2.24) is 0 Å². The minimum absolute atomic E-state index is 0.132. The molecule has 0 atom stereocenters. The van der Waals surface area contributed by atoms with Gasteiger partial charge in [0.05, 0.1) is 22.7 Å². The summed E-state index contributed by atoms with van der Waals surface area (Å²) in [7, 11) is -5.94. The summed E-state index contributed by atoms with van der Waals surface area (Å²) in [5, 5.41) is 22.3. The van der Waals surface area contributed by atoms with Crippen molar-refractivity contribution in [2.45, 2.75) is 81.1 Å². The van der Waals surface area contributed by atoms with Crippen molar-refractivity contribution in [1.29, 1.82) is 0 Å². The summed E-state index contributed by atoms with van der Waals surface area (Å²) in [5.41, 5.74) is 24.0. The van der Waals surface area contributed by atoms with E-state index in [1.165, 1.54) is 108 Å². The van der Waals surface area contributed by atoms with Gasteiger partial charge in [-0.25, -0.2) is 0 Å². The quantitative estimate of drug-likeness (QED) is 0.0487. The summed E-state index contributed by atoms with van der Waals surface area (Å²) in [6.45, 7) is 22.6. The predicted molar refractivity (Wildman–Crippen MR) is 509 cm³/mol. The van der Waals surface area contributed by atoms with Crippen LogP contribution in [-0.4, -0.2) is 16.1 Å². The van der Waals surface area contributed by atoms with Crippen molar-refractivity contribution in [2.24, 2.45) is 0 Å². The number of para-hydroxylation sites is 4. The molecule has 0 aliphatic carbocycles. The maximum atomic E-state index is 7.22. The number of nitrogens with zero attached hydrogens (tertiary/aromatic N) is 2. The summed E-state index contributed by atoms with van der Waals surface area (Å²) >= 11 is 0. The van der Waals surface area contributed by atoms with Gasteiger partial charge in [-0.05, 0) is 210 Å².